The van der Waals surface area contributed by atoms with Gasteiger partial charge in [-0.1, -0.05) is 42.5 Å². The summed E-state index contributed by atoms with van der Waals surface area (Å²) in [6, 6.07) is 16.6. The van der Waals surface area contributed by atoms with Gasteiger partial charge in [-0.15, -0.1) is 0 Å². The molecule has 0 saturated heterocycles. The SMILES string of the molecule is CC(O)(CC(=O)Nc1ccccc1OCC1CC1)c1ccccc1. The Labute approximate surface area is 142 Å². The number of carbonyl (C=O) groups is 1. The van der Waals surface area contributed by atoms with Gasteiger partial charge in [0.2, 0.25) is 5.91 Å². The average Bonchev–Trinajstić information content (AvgIpc) is 3.39. The zero-order chi connectivity index (χ0) is 17.0. The van der Waals surface area contributed by atoms with E-state index in [2.05, 4.69) is 5.32 Å². The van der Waals surface area contributed by atoms with Crippen molar-refractivity contribution in [2.45, 2.75) is 31.8 Å². The largest absolute Gasteiger partial charge is 0.491 e. The summed E-state index contributed by atoms with van der Waals surface area (Å²) in [5.41, 5.74) is 0.153. The summed E-state index contributed by atoms with van der Waals surface area (Å²) >= 11 is 0. The molecule has 1 fully saturated rings. The van der Waals surface area contributed by atoms with Gasteiger partial charge in [-0.25, -0.2) is 0 Å². The first kappa shape index (κ1) is 16.5. The van der Waals surface area contributed by atoms with E-state index in [4.69, 9.17) is 4.74 Å². The summed E-state index contributed by atoms with van der Waals surface area (Å²) in [5.74, 6) is 1.08. The molecule has 1 amide bonds. The second-order valence-corrected chi connectivity index (χ2v) is 6.62. The lowest BCUT2D eigenvalue weighted by Gasteiger charge is -2.23. The molecule has 1 atom stereocenters. The molecule has 0 radical (unpaired) electrons. The number of amides is 1. The van der Waals surface area contributed by atoms with Gasteiger partial charge in [0, 0.05) is 0 Å². The van der Waals surface area contributed by atoms with Gasteiger partial charge in [0.1, 0.15) is 5.75 Å². The second-order valence-electron chi connectivity index (χ2n) is 6.62. The van der Waals surface area contributed by atoms with E-state index in [9.17, 15) is 9.90 Å². The van der Waals surface area contributed by atoms with Gasteiger partial charge < -0.3 is 15.2 Å². The summed E-state index contributed by atoms with van der Waals surface area (Å²) in [6.45, 7) is 2.34. The number of para-hydroxylation sites is 2. The fourth-order valence-corrected chi connectivity index (χ4v) is 2.59. The Morgan fingerprint density at radius 2 is 1.83 bits per heavy atom. The van der Waals surface area contributed by atoms with Crippen LogP contribution >= 0.6 is 0 Å². The summed E-state index contributed by atoms with van der Waals surface area (Å²) in [6.07, 6.45) is 2.41. The first-order valence-corrected chi connectivity index (χ1v) is 8.34. The predicted octanol–water partition coefficient (Wildman–Crippen LogP) is 3.71. The zero-order valence-electron chi connectivity index (χ0n) is 13.9. The molecule has 4 heteroatoms. The first-order chi connectivity index (χ1) is 11.5. The standard InChI is InChI=1S/C20H23NO3/c1-20(23,16-7-3-2-4-8-16)13-19(22)21-17-9-5-6-10-18(17)24-14-15-11-12-15/h2-10,15,23H,11-14H2,1H3,(H,21,22). The van der Waals surface area contributed by atoms with Crippen molar-refractivity contribution in [2.75, 3.05) is 11.9 Å². The van der Waals surface area contributed by atoms with E-state index in [1.165, 1.54) is 12.8 Å². The van der Waals surface area contributed by atoms with Gasteiger partial charge in [-0.3, -0.25) is 4.79 Å². The number of hydrogen-bond donors (Lipinski definition) is 2. The van der Waals surface area contributed by atoms with Crippen LogP contribution in [0.5, 0.6) is 5.75 Å². The number of ether oxygens (including phenoxy) is 1. The predicted molar refractivity (Wildman–Crippen MR) is 93.9 cm³/mol. The van der Waals surface area contributed by atoms with E-state index in [-0.39, 0.29) is 12.3 Å². The Morgan fingerprint density at radius 1 is 1.17 bits per heavy atom. The number of carbonyl (C=O) groups excluding carboxylic acids is 1. The summed E-state index contributed by atoms with van der Waals surface area (Å²) in [5, 5.41) is 13.5. The van der Waals surface area contributed by atoms with Crippen LogP contribution in [0, 0.1) is 5.92 Å². The minimum Gasteiger partial charge on any atom is -0.491 e. The normalized spacial score (nSPS) is 16.2. The maximum absolute atomic E-state index is 12.4. The minimum atomic E-state index is -1.21. The molecule has 3 rings (SSSR count). The molecule has 0 aromatic heterocycles. The fourth-order valence-electron chi connectivity index (χ4n) is 2.59. The first-order valence-electron chi connectivity index (χ1n) is 8.34. The molecular formula is C20H23NO3. The van der Waals surface area contributed by atoms with Gasteiger partial charge in [-0.2, -0.15) is 0 Å². The molecule has 0 heterocycles. The number of aliphatic hydroxyl groups is 1. The third-order valence-electron chi connectivity index (χ3n) is 4.23. The summed E-state index contributed by atoms with van der Waals surface area (Å²) < 4.78 is 5.80. The van der Waals surface area contributed by atoms with Crippen LogP contribution in [-0.2, 0) is 10.4 Å². The van der Waals surface area contributed by atoms with Crippen LogP contribution in [0.1, 0.15) is 31.7 Å². The van der Waals surface area contributed by atoms with Crippen LogP contribution in [-0.4, -0.2) is 17.6 Å². The molecular weight excluding hydrogens is 302 g/mol. The molecule has 2 aromatic carbocycles. The highest BCUT2D eigenvalue weighted by Gasteiger charge is 2.27. The van der Waals surface area contributed by atoms with Crippen LogP contribution in [0.2, 0.25) is 0 Å². The lowest BCUT2D eigenvalue weighted by molar-refractivity contribution is -0.120. The highest BCUT2D eigenvalue weighted by atomic mass is 16.5. The zero-order valence-corrected chi connectivity index (χ0v) is 13.9. The topological polar surface area (TPSA) is 58.6 Å². The average molecular weight is 325 g/mol. The Hall–Kier alpha value is -2.33. The monoisotopic (exact) mass is 325 g/mol. The molecule has 1 aliphatic rings. The number of nitrogens with one attached hydrogen (secondary N) is 1. The van der Waals surface area contributed by atoms with E-state index in [1.54, 1.807) is 6.92 Å². The van der Waals surface area contributed by atoms with Crippen LogP contribution in [0.15, 0.2) is 54.6 Å². The van der Waals surface area contributed by atoms with E-state index < -0.39 is 5.60 Å². The Balaban J connectivity index is 1.64. The molecule has 24 heavy (non-hydrogen) atoms. The maximum atomic E-state index is 12.4. The Morgan fingerprint density at radius 3 is 2.54 bits per heavy atom. The number of anilines is 1. The van der Waals surface area contributed by atoms with E-state index in [1.807, 2.05) is 54.6 Å². The van der Waals surface area contributed by atoms with Crippen molar-refractivity contribution >= 4 is 11.6 Å². The molecule has 0 bridgehead atoms. The van der Waals surface area contributed by atoms with Crippen molar-refractivity contribution in [3.05, 3.63) is 60.2 Å². The Kier molecular flexibility index (Phi) is 4.86. The molecule has 0 spiro atoms. The van der Waals surface area contributed by atoms with Gasteiger partial charge in [0.25, 0.3) is 0 Å². The van der Waals surface area contributed by atoms with Crippen molar-refractivity contribution in [2.24, 2.45) is 5.92 Å². The van der Waals surface area contributed by atoms with Gasteiger partial charge >= 0.3 is 0 Å². The van der Waals surface area contributed by atoms with Crippen LogP contribution in [0.25, 0.3) is 0 Å². The van der Waals surface area contributed by atoms with Gasteiger partial charge in [0.05, 0.1) is 24.3 Å². The van der Waals surface area contributed by atoms with Crippen molar-refractivity contribution in [1.82, 2.24) is 0 Å². The molecule has 2 aromatic rings. The van der Waals surface area contributed by atoms with Crippen molar-refractivity contribution in [1.29, 1.82) is 0 Å². The van der Waals surface area contributed by atoms with Crippen molar-refractivity contribution in [3.63, 3.8) is 0 Å². The van der Waals surface area contributed by atoms with Crippen molar-refractivity contribution in [3.8, 4) is 5.75 Å². The molecule has 1 aliphatic carbocycles. The molecule has 1 saturated carbocycles. The van der Waals surface area contributed by atoms with Crippen LogP contribution in [0.3, 0.4) is 0 Å². The van der Waals surface area contributed by atoms with Crippen molar-refractivity contribution < 1.29 is 14.6 Å². The van der Waals surface area contributed by atoms with Crippen LogP contribution in [0.4, 0.5) is 5.69 Å². The highest BCUT2D eigenvalue weighted by Crippen LogP contribution is 2.32. The Bertz CT molecular complexity index is 693. The molecule has 4 nitrogen and oxygen atoms in total. The second kappa shape index (κ2) is 7.05. The summed E-state index contributed by atoms with van der Waals surface area (Å²) in [4.78, 5) is 12.4. The lowest BCUT2D eigenvalue weighted by Crippen LogP contribution is -2.28. The van der Waals surface area contributed by atoms with Gasteiger partial charge in [-0.05, 0) is 43.4 Å². The smallest absolute Gasteiger partial charge is 0.227 e. The third kappa shape index (κ3) is 4.36. The molecule has 0 aliphatic heterocycles. The van der Waals surface area contributed by atoms with E-state index >= 15 is 0 Å². The number of hydrogen-bond acceptors (Lipinski definition) is 3. The molecule has 1 unspecified atom stereocenters. The maximum Gasteiger partial charge on any atom is 0.227 e. The number of benzene rings is 2. The lowest BCUT2D eigenvalue weighted by atomic mass is 9.92. The fraction of sp³-hybridized carbons (Fsp3) is 0.350. The minimum absolute atomic E-state index is 0.0199. The summed E-state index contributed by atoms with van der Waals surface area (Å²) in [7, 11) is 0. The third-order valence-corrected chi connectivity index (χ3v) is 4.23. The van der Waals surface area contributed by atoms with E-state index in [0.29, 0.717) is 24.0 Å². The molecule has 2 N–H and O–H groups in total. The van der Waals surface area contributed by atoms with Gasteiger partial charge in [0.15, 0.2) is 0 Å². The van der Waals surface area contributed by atoms with Crippen LogP contribution < -0.4 is 10.1 Å². The van der Waals surface area contributed by atoms with E-state index in [0.717, 1.165) is 5.56 Å². The quantitative estimate of drug-likeness (QED) is 0.816. The highest BCUT2D eigenvalue weighted by molar-refractivity contribution is 5.92. The number of rotatable bonds is 7. The molecule has 126 valence electrons.